The van der Waals surface area contributed by atoms with Gasteiger partial charge in [0.15, 0.2) is 5.79 Å². The van der Waals surface area contributed by atoms with Crippen LogP contribution in [0.3, 0.4) is 0 Å². The molecule has 0 amide bonds. The molecule has 0 radical (unpaired) electrons. The van der Waals surface area contributed by atoms with Crippen molar-refractivity contribution in [3.05, 3.63) is 18.2 Å². The maximum Gasteiger partial charge on any atom is 0.181 e. The summed E-state index contributed by atoms with van der Waals surface area (Å²) in [7, 11) is 0. The van der Waals surface area contributed by atoms with Gasteiger partial charge in [0.2, 0.25) is 0 Å². The lowest BCUT2D eigenvalue weighted by Gasteiger charge is -2.38. The second-order valence-corrected chi connectivity index (χ2v) is 5.95. The number of hydrogen-bond acceptors (Lipinski definition) is 4. The lowest BCUT2D eigenvalue weighted by molar-refractivity contribution is -0.190. The molecule has 4 rings (SSSR count). The van der Waals surface area contributed by atoms with E-state index in [0.29, 0.717) is 6.04 Å². The molecule has 2 saturated heterocycles. The normalized spacial score (nSPS) is 27.2. The topological polar surface area (TPSA) is 39.5 Å². The highest BCUT2D eigenvalue weighted by Gasteiger charge is 2.40. The maximum absolute atomic E-state index is 5.83. The van der Waals surface area contributed by atoms with Crippen LogP contribution < -0.4 is 0 Å². The summed E-state index contributed by atoms with van der Waals surface area (Å²) in [5.41, 5.74) is 1.33. The van der Waals surface area contributed by atoms with Crippen LogP contribution in [0.4, 0.5) is 0 Å². The molecule has 1 aliphatic carbocycles. The van der Waals surface area contributed by atoms with Crippen molar-refractivity contribution in [2.24, 2.45) is 0 Å². The Morgan fingerprint density at radius 1 is 1.32 bits per heavy atom. The lowest BCUT2D eigenvalue weighted by atomic mass is 10.0. The van der Waals surface area contributed by atoms with E-state index in [1.54, 1.807) is 0 Å². The molecule has 1 aromatic heterocycles. The van der Waals surface area contributed by atoms with E-state index in [-0.39, 0.29) is 5.79 Å². The molecule has 19 heavy (non-hydrogen) atoms. The first-order valence-corrected chi connectivity index (χ1v) is 7.36. The van der Waals surface area contributed by atoms with Crippen molar-refractivity contribution in [3.8, 4) is 0 Å². The number of hydrogen-bond donors (Lipinski definition) is 0. The molecule has 0 bridgehead atoms. The van der Waals surface area contributed by atoms with Gasteiger partial charge in [-0.2, -0.15) is 0 Å². The van der Waals surface area contributed by atoms with Crippen LogP contribution >= 0.6 is 0 Å². The Morgan fingerprint density at radius 3 is 2.95 bits per heavy atom. The lowest BCUT2D eigenvalue weighted by Crippen LogP contribution is -2.48. The van der Waals surface area contributed by atoms with Gasteiger partial charge in [-0.05, 0) is 25.8 Å². The average Bonchev–Trinajstić information content (AvgIpc) is 3.01. The number of ether oxygens (including phenoxy) is 2. The van der Waals surface area contributed by atoms with E-state index in [1.165, 1.54) is 18.5 Å². The Morgan fingerprint density at radius 2 is 2.16 bits per heavy atom. The molecule has 104 valence electrons. The fraction of sp³-hybridized carbons (Fsp3) is 0.786. The third-order valence-corrected chi connectivity index (χ3v) is 4.38. The number of likely N-dealkylation sites (tertiary alicyclic amines) is 1. The summed E-state index contributed by atoms with van der Waals surface area (Å²) < 4.78 is 14.0. The monoisotopic (exact) mass is 263 g/mol. The summed E-state index contributed by atoms with van der Waals surface area (Å²) in [5.74, 6) is -0.317. The highest BCUT2D eigenvalue weighted by Crippen LogP contribution is 2.36. The van der Waals surface area contributed by atoms with Gasteiger partial charge < -0.3 is 14.0 Å². The van der Waals surface area contributed by atoms with Crippen LogP contribution in [0.1, 0.15) is 37.4 Å². The Kier molecular flexibility index (Phi) is 2.86. The van der Waals surface area contributed by atoms with Gasteiger partial charge in [0.1, 0.15) is 0 Å². The number of piperidine rings is 1. The zero-order valence-electron chi connectivity index (χ0n) is 11.3. The Bertz CT molecular complexity index is 449. The van der Waals surface area contributed by atoms with Crippen molar-refractivity contribution in [3.63, 3.8) is 0 Å². The van der Waals surface area contributed by atoms with E-state index in [4.69, 9.17) is 9.47 Å². The van der Waals surface area contributed by atoms with Crippen LogP contribution in [0, 0.1) is 0 Å². The Labute approximate surface area is 113 Å². The second-order valence-electron chi connectivity index (χ2n) is 5.95. The van der Waals surface area contributed by atoms with Crippen molar-refractivity contribution in [2.45, 2.75) is 44.1 Å². The van der Waals surface area contributed by atoms with Crippen molar-refractivity contribution in [1.29, 1.82) is 0 Å². The molecular formula is C14H21N3O2. The molecule has 5 heteroatoms. The van der Waals surface area contributed by atoms with Crippen molar-refractivity contribution in [1.82, 2.24) is 14.5 Å². The minimum absolute atomic E-state index is 0.317. The predicted octanol–water partition coefficient (Wildman–Crippen LogP) is 1.56. The number of aromatic nitrogens is 2. The van der Waals surface area contributed by atoms with Crippen molar-refractivity contribution in [2.75, 3.05) is 26.3 Å². The number of rotatable bonds is 3. The summed E-state index contributed by atoms with van der Waals surface area (Å²) in [4.78, 5) is 6.76. The summed E-state index contributed by atoms with van der Waals surface area (Å²) >= 11 is 0. The average molecular weight is 263 g/mol. The third kappa shape index (κ3) is 2.30. The predicted molar refractivity (Wildman–Crippen MR) is 69.6 cm³/mol. The highest BCUT2D eigenvalue weighted by molar-refractivity contribution is 5.04. The molecular weight excluding hydrogens is 242 g/mol. The zero-order valence-corrected chi connectivity index (χ0v) is 11.3. The smallest absolute Gasteiger partial charge is 0.181 e. The van der Waals surface area contributed by atoms with Crippen LogP contribution in [0.25, 0.3) is 0 Å². The molecule has 3 fully saturated rings. The molecule has 3 heterocycles. The molecule has 5 nitrogen and oxygen atoms in total. The minimum Gasteiger partial charge on any atom is -0.346 e. The Hall–Kier alpha value is -0.910. The maximum atomic E-state index is 5.83. The molecule has 0 unspecified atom stereocenters. The quantitative estimate of drug-likeness (QED) is 0.829. The summed E-state index contributed by atoms with van der Waals surface area (Å²) in [5, 5.41) is 0. The molecule has 0 atom stereocenters. The van der Waals surface area contributed by atoms with E-state index in [2.05, 4.69) is 14.5 Å². The first-order valence-electron chi connectivity index (χ1n) is 7.36. The molecule has 1 aromatic rings. The van der Waals surface area contributed by atoms with E-state index < -0.39 is 0 Å². The molecule has 1 spiro atoms. The fourth-order valence-electron chi connectivity index (χ4n) is 3.30. The standard InChI is InChI=1S/C14H21N3O2/c1-4-14(18-6-7-19-14)10-16(5-1)9-13-8-15-11-17(13)12-2-3-12/h8,11-12H,1-7,9-10H2. The van der Waals surface area contributed by atoms with Gasteiger partial charge in [0.05, 0.1) is 31.8 Å². The second kappa shape index (κ2) is 4.58. The zero-order chi connectivity index (χ0) is 12.7. The van der Waals surface area contributed by atoms with Crippen molar-refractivity contribution < 1.29 is 9.47 Å². The van der Waals surface area contributed by atoms with E-state index in [0.717, 1.165) is 45.7 Å². The van der Waals surface area contributed by atoms with Crippen LogP contribution in [-0.2, 0) is 16.0 Å². The first kappa shape index (κ1) is 11.9. The molecule has 0 N–H and O–H groups in total. The van der Waals surface area contributed by atoms with E-state index in [9.17, 15) is 0 Å². The fourth-order valence-corrected chi connectivity index (χ4v) is 3.30. The Balaban J connectivity index is 1.45. The van der Waals surface area contributed by atoms with Gasteiger partial charge in [-0.25, -0.2) is 4.98 Å². The molecule has 0 aromatic carbocycles. The van der Waals surface area contributed by atoms with Crippen LogP contribution in [0.15, 0.2) is 12.5 Å². The van der Waals surface area contributed by atoms with Crippen LogP contribution in [0.5, 0.6) is 0 Å². The van der Waals surface area contributed by atoms with Crippen LogP contribution in [0.2, 0.25) is 0 Å². The van der Waals surface area contributed by atoms with Gasteiger partial charge in [-0.3, -0.25) is 4.90 Å². The van der Waals surface area contributed by atoms with Crippen molar-refractivity contribution >= 4 is 0 Å². The molecule has 3 aliphatic rings. The summed E-state index contributed by atoms with van der Waals surface area (Å²) in [6.07, 6.45) is 8.78. The number of imidazole rings is 1. The summed E-state index contributed by atoms with van der Waals surface area (Å²) in [6, 6.07) is 0.704. The van der Waals surface area contributed by atoms with Gasteiger partial charge in [-0.1, -0.05) is 0 Å². The number of nitrogens with zero attached hydrogens (tertiary/aromatic N) is 3. The van der Waals surface area contributed by atoms with Gasteiger partial charge in [0.25, 0.3) is 0 Å². The summed E-state index contributed by atoms with van der Waals surface area (Å²) in [6.45, 7) is 4.47. The van der Waals surface area contributed by atoms with Gasteiger partial charge in [0, 0.05) is 25.2 Å². The van der Waals surface area contributed by atoms with E-state index >= 15 is 0 Å². The van der Waals surface area contributed by atoms with Gasteiger partial charge >= 0.3 is 0 Å². The SMILES string of the molecule is c1ncn(C2CC2)c1CN1CCCC2(C1)OCCO2. The van der Waals surface area contributed by atoms with Gasteiger partial charge in [-0.15, -0.1) is 0 Å². The third-order valence-electron chi connectivity index (χ3n) is 4.38. The highest BCUT2D eigenvalue weighted by atomic mass is 16.7. The molecule has 1 saturated carbocycles. The largest absolute Gasteiger partial charge is 0.346 e. The van der Waals surface area contributed by atoms with Crippen LogP contribution in [-0.4, -0.2) is 46.5 Å². The van der Waals surface area contributed by atoms with E-state index in [1.807, 2.05) is 12.5 Å². The first-order chi connectivity index (χ1) is 9.35. The minimum atomic E-state index is -0.317. The molecule has 2 aliphatic heterocycles.